The van der Waals surface area contributed by atoms with E-state index in [-0.39, 0.29) is 23.5 Å². The molecule has 1 aromatic heterocycles. The Kier molecular flexibility index (Phi) is 5.09. The molecule has 8 heteroatoms. The molecule has 0 unspecified atom stereocenters. The zero-order valence-corrected chi connectivity index (χ0v) is 15.7. The molecule has 2 N–H and O–H groups in total. The first-order valence-corrected chi connectivity index (χ1v) is 9.27. The number of carbonyl (C=O) groups is 4. The van der Waals surface area contributed by atoms with Crippen molar-refractivity contribution in [3.63, 3.8) is 0 Å². The highest BCUT2D eigenvalue weighted by molar-refractivity contribution is 7.16. The summed E-state index contributed by atoms with van der Waals surface area (Å²) in [5.41, 5.74) is 1.47. The van der Waals surface area contributed by atoms with Crippen molar-refractivity contribution in [2.75, 3.05) is 11.9 Å². The SMILES string of the molecule is CCc1c(C)sc(NC(=O)CCN2C(=O)c3ccccc3C2=O)c1C(=O)O. The zero-order valence-electron chi connectivity index (χ0n) is 14.9. The lowest BCUT2D eigenvalue weighted by Gasteiger charge is -2.13. The molecule has 1 aliphatic heterocycles. The van der Waals surface area contributed by atoms with Gasteiger partial charge in [0.25, 0.3) is 11.8 Å². The van der Waals surface area contributed by atoms with E-state index in [4.69, 9.17) is 0 Å². The van der Waals surface area contributed by atoms with Gasteiger partial charge in [-0.3, -0.25) is 19.3 Å². The van der Waals surface area contributed by atoms with Gasteiger partial charge in [-0.1, -0.05) is 19.1 Å². The number of fused-ring (bicyclic) bond motifs is 1. The van der Waals surface area contributed by atoms with Gasteiger partial charge in [-0.25, -0.2) is 4.79 Å². The molecule has 0 atom stereocenters. The van der Waals surface area contributed by atoms with Crippen LogP contribution in [0, 0.1) is 6.92 Å². The van der Waals surface area contributed by atoms with Crippen LogP contribution in [-0.2, 0) is 11.2 Å². The third-order valence-corrected chi connectivity index (χ3v) is 5.53. The lowest BCUT2D eigenvalue weighted by molar-refractivity contribution is -0.116. The van der Waals surface area contributed by atoms with Crippen molar-refractivity contribution < 1.29 is 24.3 Å². The monoisotopic (exact) mass is 386 g/mol. The molecule has 27 heavy (non-hydrogen) atoms. The summed E-state index contributed by atoms with van der Waals surface area (Å²) in [6.07, 6.45) is 0.442. The number of thiophene rings is 1. The van der Waals surface area contributed by atoms with Crippen molar-refractivity contribution in [1.29, 1.82) is 0 Å². The zero-order chi connectivity index (χ0) is 19.7. The molecule has 2 aromatic rings. The summed E-state index contributed by atoms with van der Waals surface area (Å²) in [5.74, 6) is -2.38. The minimum atomic E-state index is -1.09. The average molecular weight is 386 g/mol. The van der Waals surface area contributed by atoms with Crippen LogP contribution in [0.25, 0.3) is 0 Å². The molecule has 1 aromatic carbocycles. The van der Waals surface area contributed by atoms with Gasteiger partial charge in [0.1, 0.15) is 5.00 Å². The highest BCUT2D eigenvalue weighted by Crippen LogP contribution is 2.33. The molecule has 0 saturated carbocycles. The largest absolute Gasteiger partial charge is 0.478 e. The van der Waals surface area contributed by atoms with Gasteiger partial charge in [0, 0.05) is 17.8 Å². The predicted octanol–water partition coefficient (Wildman–Crippen LogP) is 2.94. The van der Waals surface area contributed by atoms with Crippen molar-refractivity contribution in [1.82, 2.24) is 4.90 Å². The van der Waals surface area contributed by atoms with Crippen LogP contribution in [0.1, 0.15) is 54.9 Å². The van der Waals surface area contributed by atoms with Crippen LogP contribution >= 0.6 is 11.3 Å². The Morgan fingerprint density at radius 2 is 1.74 bits per heavy atom. The minimum absolute atomic E-state index is 0.0639. The van der Waals surface area contributed by atoms with Gasteiger partial charge in [-0.05, 0) is 31.0 Å². The average Bonchev–Trinajstić information content (AvgIpc) is 3.08. The molecule has 0 spiro atoms. The number of aryl methyl sites for hydroxylation is 1. The topological polar surface area (TPSA) is 104 Å². The summed E-state index contributed by atoms with van der Waals surface area (Å²) in [6, 6.07) is 6.52. The number of hydrogen-bond donors (Lipinski definition) is 2. The molecule has 3 rings (SSSR count). The number of aromatic carboxylic acids is 1. The molecule has 140 valence electrons. The van der Waals surface area contributed by atoms with E-state index in [0.29, 0.717) is 23.1 Å². The van der Waals surface area contributed by atoms with Gasteiger partial charge in [-0.2, -0.15) is 0 Å². The van der Waals surface area contributed by atoms with Gasteiger partial charge in [0.2, 0.25) is 5.91 Å². The fraction of sp³-hybridized carbons (Fsp3) is 0.263. The van der Waals surface area contributed by atoms with Gasteiger partial charge < -0.3 is 10.4 Å². The molecule has 0 aliphatic carbocycles. The van der Waals surface area contributed by atoms with Crippen molar-refractivity contribution in [2.24, 2.45) is 0 Å². The van der Waals surface area contributed by atoms with Crippen molar-refractivity contribution in [3.8, 4) is 0 Å². The van der Waals surface area contributed by atoms with E-state index in [9.17, 15) is 24.3 Å². The molecule has 0 bridgehead atoms. The maximum atomic E-state index is 12.3. The molecule has 0 saturated heterocycles. The lowest BCUT2D eigenvalue weighted by atomic mass is 10.1. The van der Waals surface area contributed by atoms with Gasteiger partial charge in [0.05, 0.1) is 16.7 Å². The van der Waals surface area contributed by atoms with Crippen LogP contribution in [0.5, 0.6) is 0 Å². The number of imide groups is 1. The predicted molar refractivity (Wildman–Crippen MR) is 100 cm³/mol. The molecule has 1 aliphatic rings. The van der Waals surface area contributed by atoms with Gasteiger partial charge in [-0.15, -0.1) is 11.3 Å². The summed E-state index contributed by atoms with van der Waals surface area (Å²) < 4.78 is 0. The second kappa shape index (κ2) is 7.32. The van der Waals surface area contributed by atoms with Crippen molar-refractivity contribution >= 4 is 40.0 Å². The number of benzene rings is 1. The van der Waals surface area contributed by atoms with Crippen LogP contribution in [0.15, 0.2) is 24.3 Å². The quantitative estimate of drug-likeness (QED) is 0.743. The number of hydrogen-bond acceptors (Lipinski definition) is 5. The maximum absolute atomic E-state index is 12.3. The van der Waals surface area contributed by atoms with Crippen LogP contribution in [0.4, 0.5) is 5.00 Å². The molecule has 0 fully saturated rings. The Hall–Kier alpha value is -3.00. The summed E-state index contributed by atoms with van der Waals surface area (Å²) in [7, 11) is 0. The number of rotatable bonds is 6. The molecule has 3 amide bonds. The molecule has 2 heterocycles. The van der Waals surface area contributed by atoms with Crippen LogP contribution in [0.2, 0.25) is 0 Å². The lowest BCUT2D eigenvalue weighted by Crippen LogP contribution is -2.32. The van der Waals surface area contributed by atoms with Crippen LogP contribution < -0.4 is 5.32 Å². The third-order valence-electron chi connectivity index (χ3n) is 4.47. The fourth-order valence-corrected chi connectivity index (χ4v) is 4.32. The summed E-state index contributed by atoms with van der Waals surface area (Å²) in [6.45, 7) is 3.60. The number of carboxylic acid groups (broad SMARTS) is 1. The van der Waals surface area contributed by atoms with Gasteiger partial charge in [0.15, 0.2) is 0 Å². The summed E-state index contributed by atoms with van der Waals surface area (Å²) >= 11 is 1.21. The Morgan fingerprint density at radius 3 is 2.26 bits per heavy atom. The number of amides is 3. The van der Waals surface area contributed by atoms with Crippen LogP contribution in [-0.4, -0.2) is 40.2 Å². The van der Waals surface area contributed by atoms with E-state index in [1.165, 1.54) is 11.3 Å². The molecular formula is C19H18N2O5S. The van der Waals surface area contributed by atoms with Crippen molar-refractivity contribution in [3.05, 3.63) is 51.4 Å². The number of anilines is 1. The molecule has 0 radical (unpaired) electrons. The first-order valence-electron chi connectivity index (χ1n) is 8.45. The Balaban J connectivity index is 1.69. The standard InChI is InChI=1S/C19H18N2O5S/c1-3-11-10(2)27-16(15(11)19(25)26)20-14(22)8-9-21-17(23)12-6-4-5-7-13(12)18(21)24/h4-7H,3,8-9H2,1-2H3,(H,20,22)(H,25,26). The minimum Gasteiger partial charge on any atom is -0.478 e. The number of carboxylic acids is 1. The van der Waals surface area contributed by atoms with Gasteiger partial charge >= 0.3 is 5.97 Å². The molecule has 7 nitrogen and oxygen atoms in total. The highest BCUT2D eigenvalue weighted by Gasteiger charge is 2.35. The first-order chi connectivity index (χ1) is 12.8. The Labute approximate surface area is 159 Å². The van der Waals surface area contributed by atoms with E-state index in [0.717, 1.165) is 9.78 Å². The van der Waals surface area contributed by atoms with E-state index in [1.54, 1.807) is 24.3 Å². The molecular weight excluding hydrogens is 368 g/mol. The summed E-state index contributed by atoms with van der Waals surface area (Å²) in [4.78, 5) is 50.3. The number of nitrogens with zero attached hydrogens (tertiary/aromatic N) is 1. The highest BCUT2D eigenvalue weighted by atomic mass is 32.1. The maximum Gasteiger partial charge on any atom is 0.339 e. The second-order valence-electron chi connectivity index (χ2n) is 6.11. The van der Waals surface area contributed by atoms with Crippen molar-refractivity contribution in [2.45, 2.75) is 26.7 Å². The Morgan fingerprint density at radius 1 is 1.15 bits per heavy atom. The fourth-order valence-electron chi connectivity index (χ4n) is 3.16. The van der Waals surface area contributed by atoms with E-state index in [2.05, 4.69) is 5.32 Å². The summed E-state index contributed by atoms with van der Waals surface area (Å²) in [5, 5.41) is 12.3. The normalized spacial score (nSPS) is 13.0. The Bertz CT molecular complexity index is 928. The first kappa shape index (κ1) is 18.8. The van der Waals surface area contributed by atoms with E-state index in [1.807, 2.05) is 13.8 Å². The number of carbonyl (C=O) groups excluding carboxylic acids is 3. The third kappa shape index (κ3) is 3.35. The van der Waals surface area contributed by atoms with E-state index < -0.39 is 23.7 Å². The van der Waals surface area contributed by atoms with E-state index >= 15 is 0 Å². The second-order valence-corrected chi connectivity index (χ2v) is 7.33. The smallest absolute Gasteiger partial charge is 0.339 e. The van der Waals surface area contributed by atoms with Crippen LogP contribution in [0.3, 0.4) is 0 Å². The number of nitrogens with one attached hydrogen (secondary N) is 1.